The predicted octanol–water partition coefficient (Wildman–Crippen LogP) is 3.46. The van der Waals surface area contributed by atoms with Crippen molar-refractivity contribution in [2.75, 3.05) is 13.6 Å². The third-order valence-electron chi connectivity index (χ3n) is 8.57. The first-order chi connectivity index (χ1) is 12.1. The van der Waals surface area contributed by atoms with E-state index in [4.69, 9.17) is 0 Å². The molecule has 4 heteroatoms. The molecule has 0 aromatic heterocycles. The summed E-state index contributed by atoms with van der Waals surface area (Å²) in [6.07, 6.45) is 19.1. The lowest BCUT2D eigenvalue weighted by atomic mass is 9.41. The van der Waals surface area contributed by atoms with E-state index in [2.05, 4.69) is 84.3 Å². The maximum Gasteiger partial charge on any atom is 0.132 e. The van der Waals surface area contributed by atoms with E-state index in [-0.39, 0.29) is 10.8 Å². The van der Waals surface area contributed by atoms with Crippen LogP contribution in [0.15, 0.2) is 48.1 Å². The van der Waals surface area contributed by atoms with Crippen LogP contribution in [0.3, 0.4) is 0 Å². The van der Waals surface area contributed by atoms with E-state index in [1.165, 1.54) is 37.2 Å². The zero-order valence-corrected chi connectivity index (χ0v) is 15.7. The van der Waals surface area contributed by atoms with Gasteiger partial charge in [-0.05, 0) is 31.4 Å². The zero-order chi connectivity index (χ0) is 17.2. The molecule has 0 aromatic carbocycles. The predicted molar refractivity (Wildman–Crippen MR) is 98.3 cm³/mol. The Hall–Kier alpha value is -1.84. The SMILES string of the molecule is CCC1(CC)CN2C=C3C=CC4=CN(C)C5N4N3C2C12C=CC52CC. The molecule has 0 amide bonds. The minimum atomic E-state index is 0.219. The van der Waals surface area contributed by atoms with Crippen LogP contribution in [0.1, 0.15) is 40.0 Å². The fourth-order valence-corrected chi connectivity index (χ4v) is 7.47. The molecule has 4 unspecified atom stereocenters. The largest absolute Gasteiger partial charge is 0.356 e. The molecule has 0 saturated carbocycles. The summed E-state index contributed by atoms with van der Waals surface area (Å²) in [5.74, 6) is 0. The second-order valence-corrected chi connectivity index (χ2v) is 8.80. The second kappa shape index (κ2) is 3.94. The Morgan fingerprint density at radius 2 is 1.60 bits per heavy atom. The van der Waals surface area contributed by atoms with Crippen LogP contribution in [-0.4, -0.2) is 45.7 Å². The standard InChI is InChI=1S/C21H28N4/c1-5-19(6-2)14-23-13-16-9-8-15-12-22(4)17-20(7-3)10-11-21(19,20)18(23)25(16)24(15)17/h8-13,17-18H,5-7,14H2,1-4H3. The maximum atomic E-state index is 2.66. The van der Waals surface area contributed by atoms with E-state index in [1.807, 2.05) is 0 Å². The minimum absolute atomic E-state index is 0.219. The molecule has 0 radical (unpaired) electrons. The highest BCUT2D eigenvalue weighted by Gasteiger charge is 2.80. The van der Waals surface area contributed by atoms with Gasteiger partial charge in [0.25, 0.3) is 0 Å². The van der Waals surface area contributed by atoms with E-state index in [0.717, 1.165) is 0 Å². The van der Waals surface area contributed by atoms with Gasteiger partial charge in [0.2, 0.25) is 0 Å². The van der Waals surface area contributed by atoms with Crippen molar-refractivity contribution in [2.45, 2.75) is 52.4 Å². The van der Waals surface area contributed by atoms with Crippen LogP contribution < -0.4 is 0 Å². The Morgan fingerprint density at radius 3 is 2.20 bits per heavy atom. The van der Waals surface area contributed by atoms with Crippen molar-refractivity contribution >= 4 is 0 Å². The lowest BCUT2D eigenvalue weighted by molar-refractivity contribution is -0.242. The molecule has 25 heavy (non-hydrogen) atoms. The van der Waals surface area contributed by atoms with Gasteiger partial charge in [0.05, 0.1) is 11.4 Å². The first-order valence-corrected chi connectivity index (χ1v) is 9.97. The Morgan fingerprint density at radius 1 is 0.920 bits per heavy atom. The lowest BCUT2D eigenvalue weighted by Crippen LogP contribution is -2.77. The highest BCUT2D eigenvalue weighted by atomic mass is 15.8. The topological polar surface area (TPSA) is 13.0 Å². The number of hydrazine groups is 1. The summed E-state index contributed by atoms with van der Waals surface area (Å²) in [6.45, 7) is 8.44. The molecule has 5 heterocycles. The van der Waals surface area contributed by atoms with Crippen LogP contribution >= 0.6 is 0 Å². The van der Waals surface area contributed by atoms with Crippen molar-refractivity contribution in [3.8, 4) is 0 Å². The monoisotopic (exact) mass is 336 g/mol. The minimum Gasteiger partial charge on any atom is -0.356 e. The van der Waals surface area contributed by atoms with Crippen molar-refractivity contribution in [3.63, 3.8) is 0 Å². The van der Waals surface area contributed by atoms with Crippen LogP contribution in [-0.2, 0) is 0 Å². The van der Waals surface area contributed by atoms with Gasteiger partial charge in [-0.3, -0.25) is 10.0 Å². The summed E-state index contributed by atoms with van der Waals surface area (Å²) in [5, 5.41) is 5.23. The van der Waals surface area contributed by atoms with Crippen LogP contribution in [0, 0.1) is 16.2 Å². The van der Waals surface area contributed by atoms with Crippen molar-refractivity contribution in [3.05, 3.63) is 48.1 Å². The van der Waals surface area contributed by atoms with Crippen molar-refractivity contribution in [1.29, 1.82) is 0 Å². The quantitative estimate of drug-likeness (QED) is 0.732. The van der Waals surface area contributed by atoms with Crippen LogP contribution in [0.25, 0.3) is 0 Å². The number of fused-ring (bicyclic) bond motifs is 1. The molecule has 5 aliphatic heterocycles. The van der Waals surface area contributed by atoms with Gasteiger partial charge in [-0.2, -0.15) is 0 Å². The fraction of sp³-hybridized carbons (Fsp3) is 0.619. The van der Waals surface area contributed by atoms with Gasteiger partial charge in [0.1, 0.15) is 12.3 Å². The second-order valence-electron chi connectivity index (χ2n) is 8.80. The van der Waals surface area contributed by atoms with Crippen molar-refractivity contribution < 1.29 is 0 Å². The Balaban J connectivity index is 1.67. The smallest absolute Gasteiger partial charge is 0.132 e. The molecule has 0 bridgehead atoms. The molecule has 4 nitrogen and oxygen atoms in total. The van der Waals surface area contributed by atoms with Crippen molar-refractivity contribution in [1.82, 2.24) is 19.8 Å². The summed E-state index contributed by atoms with van der Waals surface area (Å²) in [4.78, 5) is 5.14. The van der Waals surface area contributed by atoms with Crippen LogP contribution in [0.5, 0.6) is 0 Å². The first kappa shape index (κ1) is 14.3. The van der Waals surface area contributed by atoms with Gasteiger partial charge in [-0.15, -0.1) is 0 Å². The fourth-order valence-electron chi connectivity index (χ4n) is 7.47. The molecule has 6 aliphatic rings. The molecule has 2 fully saturated rings. The van der Waals surface area contributed by atoms with Gasteiger partial charge in [0, 0.05) is 42.2 Å². The third kappa shape index (κ3) is 1.11. The van der Waals surface area contributed by atoms with Crippen LogP contribution in [0.2, 0.25) is 0 Å². The normalized spacial score (nSPS) is 43.2. The number of allylic oxidation sites excluding steroid dienone is 2. The van der Waals surface area contributed by atoms with Gasteiger partial charge in [0.15, 0.2) is 0 Å². The summed E-state index contributed by atoms with van der Waals surface area (Å²) in [5.41, 5.74) is 3.53. The number of hydrogen-bond donors (Lipinski definition) is 0. The Labute approximate surface area is 150 Å². The van der Waals surface area contributed by atoms with Crippen LogP contribution in [0.4, 0.5) is 0 Å². The summed E-state index contributed by atoms with van der Waals surface area (Å²) >= 11 is 0. The molecular formula is C21H28N4. The molecule has 6 rings (SSSR count). The highest BCUT2D eigenvalue weighted by molar-refractivity contribution is 5.49. The number of nitrogens with zero attached hydrogens (tertiary/aromatic N) is 4. The molecule has 1 aliphatic carbocycles. The first-order valence-electron chi connectivity index (χ1n) is 9.97. The van der Waals surface area contributed by atoms with Crippen molar-refractivity contribution in [2.24, 2.45) is 16.2 Å². The maximum absolute atomic E-state index is 2.66. The molecule has 0 aromatic rings. The van der Waals surface area contributed by atoms with Gasteiger partial charge >= 0.3 is 0 Å². The van der Waals surface area contributed by atoms with E-state index < -0.39 is 0 Å². The number of rotatable bonds is 3. The average Bonchev–Trinajstić information content (AvgIpc) is 3.21. The van der Waals surface area contributed by atoms with Gasteiger partial charge in [-0.25, -0.2) is 0 Å². The summed E-state index contributed by atoms with van der Waals surface area (Å²) in [7, 11) is 2.27. The van der Waals surface area contributed by atoms with E-state index in [0.29, 0.717) is 17.7 Å². The number of hydrogen-bond acceptors (Lipinski definition) is 4. The highest BCUT2D eigenvalue weighted by Crippen LogP contribution is 2.76. The molecular weight excluding hydrogens is 308 g/mol. The zero-order valence-electron chi connectivity index (χ0n) is 15.7. The lowest BCUT2D eigenvalue weighted by Gasteiger charge is -2.71. The molecule has 2 saturated heterocycles. The molecule has 132 valence electrons. The molecule has 4 atom stereocenters. The van der Waals surface area contributed by atoms with E-state index in [9.17, 15) is 0 Å². The molecule has 1 spiro atoms. The van der Waals surface area contributed by atoms with E-state index >= 15 is 0 Å². The Bertz CT molecular complexity index is 788. The van der Waals surface area contributed by atoms with E-state index in [1.54, 1.807) is 0 Å². The molecule has 0 N–H and O–H groups in total. The summed E-state index contributed by atoms with van der Waals surface area (Å²) < 4.78 is 0. The summed E-state index contributed by atoms with van der Waals surface area (Å²) in [6, 6.07) is 0. The third-order valence-corrected chi connectivity index (χ3v) is 8.57. The average molecular weight is 336 g/mol. The Kier molecular flexibility index (Phi) is 2.26. The van der Waals surface area contributed by atoms with Gasteiger partial charge in [-0.1, -0.05) is 32.9 Å². The van der Waals surface area contributed by atoms with Gasteiger partial charge < -0.3 is 9.80 Å².